The van der Waals surface area contributed by atoms with E-state index in [-0.39, 0.29) is 24.7 Å². The van der Waals surface area contributed by atoms with Crippen LogP contribution in [0, 0.1) is 6.92 Å². The quantitative estimate of drug-likeness (QED) is 0.267. The van der Waals surface area contributed by atoms with Gasteiger partial charge in [0.2, 0.25) is 11.8 Å². The highest BCUT2D eigenvalue weighted by molar-refractivity contribution is 6.30. The summed E-state index contributed by atoms with van der Waals surface area (Å²) in [6.45, 7) is 13.2. The molecule has 1 unspecified atom stereocenters. The van der Waals surface area contributed by atoms with E-state index in [4.69, 9.17) is 26.2 Å². The van der Waals surface area contributed by atoms with Gasteiger partial charge in [-0.3, -0.25) is 14.5 Å². The van der Waals surface area contributed by atoms with E-state index < -0.39 is 6.04 Å². The van der Waals surface area contributed by atoms with E-state index in [0.717, 1.165) is 71.9 Å². The second-order valence-electron chi connectivity index (χ2n) is 10.7. The third-order valence-electron chi connectivity index (χ3n) is 7.64. The maximum atomic E-state index is 13.5. The molecular formula is C34H44ClN5O4. The summed E-state index contributed by atoms with van der Waals surface area (Å²) in [5.74, 6) is 0.534. The number of rotatable bonds is 11. The maximum Gasteiger partial charge on any atom is 0.243 e. The van der Waals surface area contributed by atoms with Crippen molar-refractivity contribution in [2.75, 3.05) is 46.0 Å². The van der Waals surface area contributed by atoms with E-state index in [9.17, 15) is 9.59 Å². The predicted molar refractivity (Wildman–Crippen MR) is 175 cm³/mol. The van der Waals surface area contributed by atoms with E-state index in [1.165, 1.54) is 5.01 Å². The van der Waals surface area contributed by atoms with E-state index in [2.05, 4.69) is 15.2 Å². The van der Waals surface area contributed by atoms with E-state index in [0.29, 0.717) is 31.1 Å². The van der Waals surface area contributed by atoms with Crippen molar-refractivity contribution in [2.24, 2.45) is 5.10 Å². The molecule has 3 aromatic rings. The minimum absolute atomic E-state index is 0.0499. The molecule has 2 aliphatic heterocycles. The lowest BCUT2D eigenvalue weighted by Gasteiger charge is -2.26. The average Bonchev–Trinajstić information content (AvgIpc) is 3.48. The molecule has 0 aliphatic carbocycles. The molecule has 44 heavy (non-hydrogen) atoms. The molecule has 10 heteroatoms. The van der Waals surface area contributed by atoms with Crippen LogP contribution in [0.5, 0.6) is 5.75 Å². The van der Waals surface area contributed by atoms with Crippen molar-refractivity contribution in [3.05, 3.63) is 70.4 Å². The monoisotopic (exact) mass is 621 g/mol. The number of carbonyl (C=O) groups is 2. The van der Waals surface area contributed by atoms with Crippen molar-refractivity contribution in [3.8, 4) is 5.75 Å². The van der Waals surface area contributed by atoms with Gasteiger partial charge in [-0.25, -0.2) is 9.99 Å². The molecule has 0 spiro atoms. The molecule has 2 amide bonds. The molecule has 1 atom stereocenters. The van der Waals surface area contributed by atoms with Gasteiger partial charge in [0.15, 0.2) is 0 Å². The van der Waals surface area contributed by atoms with E-state index in [1.54, 1.807) is 0 Å². The van der Waals surface area contributed by atoms with Crippen LogP contribution in [-0.4, -0.2) is 78.4 Å². The normalized spacial score (nSPS) is 16.7. The minimum Gasteiger partial charge on any atom is -0.494 e. The molecule has 1 N–H and O–H groups in total. The van der Waals surface area contributed by atoms with Gasteiger partial charge in [-0.15, -0.1) is 0 Å². The van der Waals surface area contributed by atoms with Crippen molar-refractivity contribution in [1.82, 2.24) is 20.2 Å². The molecule has 1 aromatic heterocycles. The van der Waals surface area contributed by atoms with Crippen LogP contribution in [-0.2, 0) is 14.3 Å². The minimum atomic E-state index is -0.396. The molecular weight excluding hydrogens is 578 g/mol. The Bertz CT molecular complexity index is 1440. The molecule has 0 radical (unpaired) electrons. The Kier molecular flexibility index (Phi) is 12.5. The topological polar surface area (TPSA) is 96.4 Å². The second kappa shape index (κ2) is 16.5. The Labute approximate surface area is 265 Å². The van der Waals surface area contributed by atoms with Gasteiger partial charge in [-0.2, -0.15) is 5.10 Å². The van der Waals surface area contributed by atoms with Gasteiger partial charge in [0, 0.05) is 62.5 Å². The van der Waals surface area contributed by atoms with Crippen LogP contribution >= 0.6 is 11.6 Å². The van der Waals surface area contributed by atoms with Gasteiger partial charge in [-0.1, -0.05) is 55.3 Å². The number of morpholine rings is 1. The summed E-state index contributed by atoms with van der Waals surface area (Å²) in [5.41, 5.74) is 4.40. The molecule has 2 aromatic carbocycles. The van der Waals surface area contributed by atoms with Crippen LogP contribution in [0.3, 0.4) is 0 Å². The highest BCUT2D eigenvalue weighted by Crippen LogP contribution is 2.38. The van der Waals surface area contributed by atoms with E-state index >= 15 is 0 Å². The number of hydrogen-bond acceptors (Lipinski definition) is 7. The summed E-state index contributed by atoms with van der Waals surface area (Å²) < 4.78 is 11.0. The summed E-state index contributed by atoms with van der Waals surface area (Å²) in [7, 11) is 0. The molecule has 236 valence electrons. The summed E-state index contributed by atoms with van der Waals surface area (Å²) in [6.07, 6.45) is 1.43. The molecule has 0 bridgehead atoms. The Morgan fingerprint density at radius 2 is 1.82 bits per heavy atom. The van der Waals surface area contributed by atoms with Gasteiger partial charge in [-0.05, 0) is 44.0 Å². The van der Waals surface area contributed by atoms with Crippen molar-refractivity contribution < 1.29 is 19.1 Å². The van der Waals surface area contributed by atoms with Crippen molar-refractivity contribution >= 4 is 40.0 Å². The highest BCUT2D eigenvalue weighted by Gasteiger charge is 2.34. The SMILES string of the molecule is CC.CCOc1ccc2cc(C3CC(c4ccc(C)cc4)=NN3C(=O)CCCC(=O)NCCN3CCOCC3)c(Cl)nc2c1. The predicted octanol–water partition coefficient (Wildman–Crippen LogP) is 5.92. The number of pyridine rings is 1. The number of carbonyl (C=O) groups excluding carboxylic acids is 2. The number of halogens is 1. The van der Waals surface area contributed by atoms with Crippen molar-refractivity contribution in [3.63, 3.8) is 0 Å². The van der Waals surface area contributed by atoms with Gasteiger partial charge in [0.25, 0.3) is 0 Å². The molecule has 9 nitrogen and oxygen atoms in total. The first kappa shape index (κ1) is 33.4. The zero-order valence-electron chi connectivity index (χ0n) is 26.3. The number of aryl methyl sites for hydroxylation is 1. The van der Waals surface area contributed by atoms with Gasteiger partial charge >= 0.3 is 0 Å². The molecule has 3 heterocycles. The number of amides is 2. The molecule has 1 fully saturated rings. The fraction of sp³-hybridized carbons (Fsp3) is 0.471. The summed E-state index contributed by atoms with van der Waals surface area (Å²) in [4.78, 5) is 32.9. The van der Waals surface area contributed by atoms with Gasteiger partial charge in [0.05, 0.1) is 37.1 Å². The maximum absolute atomic E-state index is 13.5. The number of nitrogens with one attached hydrogen (secondary N) is 1. The Hall–Kier alpha value is -3.53. The van der Waals surface area contributed by atoms with Crippen LogP contribution in [0.1, 0.15) is 69.2 Å². The van der Waals surface area contributed by atoms with Crippen LogP contribution in [0.2, 0.25) is 5.15 Å². The highest BCUT2D eigenvalue weighted by atomic mass is 35.5. The summed E-state index contributed by atoms with van der Waals surface area (Å²) in [5, 5.41) is 10.5. The zero-order chi connectivity index (χ0) is 31.5. The number of nitrogens with zero attached hydrogens (tertiary/aromatic N) is 4. The molecule has 2 aliphatic rings. The summed E-state index contributed by atoms with van der Waals surface area (Å²) >= 11 is 6.74. The number of aromatic nitrogens is 1. The number of hydrazone groups is 1. The van der Waals surface area contributed by atoms with Crippen molar-refractivity contribution in [2.45, 2.75) is 59.4 Å². The molecule has 1 saturated heterocycles. The standard InChI is InChI=1S/C32H38ClN5O4.C2H6/c1-3-42-25-12-11-24-19-26(32(33)35-27(24)20-25)29-21-28(23-9-7-22(2)8-10-23)36-38(29)31(40)6-4-5-30(39)34-13-14-37-15-17-41-18-16-37;1-2/h7-12,19-20,29H,3-6,13-18,21H2,1-2H3,(H,34,39);1-2H3. The zero-order valence-corrected chi connectivity index (χ0v) is 27.0. The van der Waals surface area contributed by atoms with E-state index in [1.807, 2.05) is 76.2 Å². The Morgan fingerprint density at radius 3 is 2.55 bits per heavy atom. The van der Waals surface area contributed by atoms with Crippen LogP contribution in [0.25, 0.3) is 10.9 Å². The Morgan fingerprint density at radius 1 is 1.07 bits per heavy atom. The lowest BCUT2D eigenvalue weighted by atomic mass is 9.97. The fourth-order valence-corrected chi connectivity index (χ4v) is 5.59. The molecule has 5 rings (SSSR count). The summed E-state index contributed by atoms with van der Waals surface area (Å²) in [6, 6.07) is 15.4. The third kappa shape index (κ3) is 8.77. The lowest BCUT2D eigenvalue weighted by molar-refractivity contribution is -0.133. The second-order valence-corrected chi connectivity index (χ2v) is 11.0. The number of ether oxygens (including phenoxy) is 2. The first-order valence-corrected chi connectivity index (χ1v) is 16.1. The molecule has 0 saturated carbocycles. The van der Waals surface area contributed by atoms with Crippen molar-refractivity contribution in [1.29, 1.82) is 0 Å². The van der Waals surface area contributed by atoms with Crippen LogP contribution in [0.4, 0.5) is 0 Å². The fourth-order valence-electron chi connectivity index (χ4n) is 5.31. The first-order chi connectivity index (χ1) is 21.4. The van der Waals surface area contributed by atoms with Crippen LogP contribution in [0.15, 0.2) is 53.6 Å². The number of fused-ring (bicyclic) bond motifs is 1. The third-order valence-corrected chi connectivity index (χ3v) is 7.94. The largest absolute Gasteiger partial charge is 0.494 e. The average molecular weight is 622 g/mol. The van der Waals surface area contributed by atoms with Gasteiger partial charge in [0.1, 0.15) is 10.9 Å². The first-order valence-electron chi connectivity index (χ1n) is 15.7. The van der Waals surface area contributed by atoms with Crippen LogP contribution < -0.4 is 10.1 Å². The number of hydrogen-bond donors (Lipinski definition) is 1. The number of benzene rings is 2. The Balaban J connectivity index is 0.00000216. The van der Waals surface area contributed by atoms with Gasteiger partial charge < -0.3 is 14.8 Å². The lowest BCUT2D eigenvalue weighted by Crippen LogP contribution is -2.41. The smallest absolute Gasteiger partial charge is 0.243 e.